The Hall–Kier alpha value is -5.47. The molecule has 2 aromatic carbocycles. The molecule has 1 aliphatic rings. The molecule has 0 saturated heterocycles. The number of nitrogens with one attached hydrogen (secondary N) is 1. The molecule has 1 heterocycles. The molecule has 0 aromatic heterocycles. The van der Waals surface area contributed by atoms with Gasteiger partial charge in [-0.3, -0.25) is 19.2 Å². The molecule has 0 spiro atoms. The number of hydrogen-bond acceptors (Lipinski definition) is 9. The van der Waals surface area contributed by atoms with Crippen LogP contribution in [0.25, 0.3) is 0 Å². The molecule has 41 heavy (non-hydrogen) atoms. The third-order valence-corrected chi connectivity index (χ3v) is 5.81. The molecule has 15 heteroatoms. The van der Waals surface area contributed by atoms with Crippen molar-refractivity contribution >= 4 is 47.1 Å². The van der Waals surface area contributed by atoms with Gasteiger partial charge in [0.25, 0.3) is 0 Å². The highest BCUT2D eigenvalue weighted by Crippen LogP contribution is 2.35. The lowest BCUT2D eigenvalue weighted by molar-refractivity contribution is -0.151. The second-order valence-corrected chi connectivity index (χ2v) is 9.09. The Balaban J connectivity index is 1.88. The highest BCUT2D eigenvalue weighted by Gasteiger charge is 2.44. The first-order valence-corrected chi connectivity index (χ1v) is 12.1. The SMILES string of the molecule is NC(N)=Nc1ccc(C(=O)Oc2ccc(CCC(=O)NCC(=O)O)c(C3=NOC(CC(=O)O)(CC(=O)O)C3)c2)cc1. The molecule has 8 N–H and O–H groups in total. The summed E-state index contributed by atoms with van der Waals surface area (Å²) in [5, 5.41) is 33.6. The van der Waals surface area contributed by atoms with Crippen LogP contribution in [0.4, 0.5) is 5.69 Å². The maximum Gasteiger partial charge on any atom is 0.343 e. The number of nitrogens with zero attached hydrogens (tertiary/aromatic N) is 2. The van der Waals surface area contributed by atoms with Crippen LogP contribution < -0.4 is 21.5 Å². The van der Waals surface area contributed by atoms with Gasteiger partial charge in [-0.1, -0.05) is 11.2 Å². The number of carbonyl (C=O) groups is 5. The van der Waals surface area contributed by atoms with Gasteiger partial charge in [0.2, 0.25) is 5.91 Å². The number of aliphatic imine (C=N–C) groups is 1. The zero-order valence-electron chi connectivity index (χ0n) is 21.5. The number of benzene rings is 2. The number of esters is 1. The molecule has 0 bridgehead atoms. The van der Waals surface area contributed by atoms with Crippen LogP contribution in [0, 0.1) is 0 Å². The zero-order valence-corrected chi connectivity index (χ0v) is 21.5. The molecule has 1 aliphatic heterocycles. The number of nitrogens with two attached hydrogens (primary N) is 2. The van der Waals surface area contributed by atoms with E-state index in [2.05, 4.69) is 15.5 Å². The van der Waals surface area contributed by atoms with Crippen LogP contribution in [-0.2, 0) is 30.4 Å². The molecule has 0 fully saturated rings. The van der Waals surface area contributed by atoms with Crippen molar-refractivity contribution in [2.45, 2.75) is 37.7 Å². The molecular formula is C26H27N5O10. The minimum atomic E-state index is -1.65. The molecule has 0 radical (unpaired) electrons. The van der Waals surface area contributed by atoms with E-state index in [9.17, 15) is 34.2 Å². The molecule has 0 unspecified atom stereocenters. The lowest BCUT2D eigenvalue weighted by atomic mass is 9.86. The first-order chi connectivity index (χ1) is 19.4. The average Bonchev–Trinajstić information content (AvgIpc) is 3.28. The number of rotatable bonds is 13. The second-order valence-electron chi connectivity index (χ2n) is 9.09. The van der Waals surface area contributed by atoms with E-state index < -0.39 is 54.8 Å². The lowest BCUT2D eigenvalue weighted by Crippen LogP contribution is -2.35. The van der Waals surface area contributed by atoms with Crippen LogP contribution in [0.15, 0.2) is 52.6 Å². The fourth-order valence-corrected chi connectivity index (χ4v) is 4.07. The van der Waals surface area contributed by atoms with E-state index in [1.54, 1.807) is 6.07 Å². The van der Waals surface area contributed by atoms with E-state index in [1.807, 2.05) is 0 Å². The predicted octanol–water partition coefficient (Wildman–Crippen LogP) is 0.757. The second kappa shape index (κ2) is 13.1. The quantitative estimate of drug-likeness (QED) is 0.0846. The number of aliphatic carboxylic acids is 3. The molecule has 0 aliphatic carbocycles. The van der Waals surface area contributed by atoms with Gasteiger partial charge < -0.3 is 41.7 Å². The Morgan fingerprint density at radius 1 is 0.976 bits per heavy atom. The summed E-state index contributed by atoms with van der Waals surface area (Å²) in [6, 6.07) is 10.4. The Morgan fingerprint density at radius 3 is 2.22 bits per heavy atom. The van der Waals surface area contributed by atoms with Gasteiger partial charge in [-0.2, -0.15) is 0 Å². The lowest BCUT2D eigenvalue weighted by Gasteiger charge is -2.22. The summed E-state index contributed by atoms with van der Waals surface area (Å²) in [4.78, 5) is 67.7. The van der Waals surface area contributed by atoms with E-state index in [0.29, 0.717) is 16.8 Å². The van der Waals surface area contributed by atoms with Gasteiger partial charge in [0.15, 0.2) is 11.6 Å². The largest absolute Gasteiger partial charge is 0.481 e. The van der Waals surface area contributed by atoms with Crippen LogP contribution in [0.1, 0.15) is 47.2 Å². The van der Waals surface area contributed by atoms with E-state index in [1.165, 1.54) is 36.4 Å². The van der Waals surface area contributed by atoms with Crippen LogP contribution in [0.2, 0.25) is 0 Å². The first kappa shape index (κ1) is 30.1. The van der Waals surface area contributed by atoms with Crippen molar-refractivity contribution in [2.24, 2.45) is 21.6 Å². The van der Waals surface area contributed by atoms with E-state index >= 15 is 0 Å². The topological polar surface area (TPSA) is 253 Å². The number of carboxylic acid groups (broad SMARTS) is 3. The average molecular weight is 570 g/mol. The molecule has 216 valence electrons. The van der Waals surface area contributed by atoms with Crippen LogP contribution in [-0.4, -0.2) is 68.9 Å². The van der Waals surface area contributed by atoms with Crippen molar-refractivity contribution in [3.8, 4) is 5.75 Å². The number of guanidine groups is 1. The van der Waals surface area contributed by atoms with Crippen molar-refractivity contribution in [2.75, 3.05) is 6.54 Å². The summed E-state index contributed by atoms with van der Waals surface area (Å²) in [5.74, 6) is -5.10. The summed E-state index contributed by atoms with van der Waals surface area (Å²) in [6.45, 7) is -0.555. The molecule has 3 rings (SSSR count). The van der Waals surface area contributed by atoms with Crippen LogP contribution in [0.3, 0.4) is 0 Å². The summed E-state index contributed by atoms with van der Waals surface area (Å²) < 4.78 is 5.50. The van der Waals surface area contributed by atoms with E-state index in [0.717, 1.165) is 0 Å². The molecule has 0 atom stereocenters. The summed E-state index contributed by atoms with van der Waals surface area (Å²) in [7, 11) is 0. The van der Waals surface area contributed by atoms with Crippen molar-refractivity contribution in [1.82, 2.24) is 5.32 Å². The van der Waals surface area contributed by atoms with E-state index in [-0.39, 0.29) is 42.2 Å². The van der Waals surface area contributed by atoms with Gasteiger partial charge in [-0.15, -0.1) is 0 Å². The molecule has 1 amide bonds. The van der Waals surface area contributed by atoms with Crippen LogP contribution in [0.5, 0.6) is 5.75 Å². The third kappa shape index (κ3) is 8.77. The Kier molecular flexibility index (Phi) is 9.58. The maximum atomic E-state index is 12.8. The number of aryl methyl sites for hydroxylation is 1. The highest BCUT2D eigenvalue weighted by atomic mass is 16.7. The number of hydrogen-bond donors (Lipinski definition) is 6. The van der Waals surface area contributed by atoms with Crippen molar-refractivity contribution in [1.29, 1.82) is 0 Å². The number of amides is 1. The van der Waals surface area contributed by atoms with Crippen LogP contribution >= 0.6 is 0 Å². The number of carboxylic acids is 3. The number of ether oxygens (including phenoxy) is 1. The van der Waals surface area contributed by atoms with Crippen molar-refractivity contribution in [3.05, 3.63) is 59.2 Å². The predicted molar refractivity (Wildman–Crippen MR) is 142 cm³/mol. The number of oxime groups is 1. The normalized spacial score (nSPS) is 13.3. The highest BCUT2D eigenvalue weighted by molar-refractivity contribution is 6.04. The first-order valence-electron chi connectivity index (χ1n) is 12.1. The zero-order chi connectivity index (χ0) is 30.2. The monoisotopic (exact) mass is 569 g/mol. The van der Waals surface area contributed by atoms with Gasteiger partial charge in [0.05, 0.1) is 29.8 Å². The molecular weight excluding hydrogens is 542 g/mol. The fourth-order valence-electron chi connectivity index (χ4n) is 4.07. The van der Waals surface area contributed by atoms with Gasteiger partial charge in [0, 0.05) is 18.4 Å². The standard InChI is InChI=1S/C26H27N5O10/c27-25(28)30-16-5-1-15(2-6-16)24(39)40-17-7-3-14(4-8-20(32)29-13-23(37)38)18(9-17)19-10-26(41-31-19,11-21(33)34)12-22(35)36/h1-3,5-7,9H,4,8,10-13H2,(H,29,32)(H,33,34)(H,35,36)(H,37,38)(H4,27,28,30). The molecule has 0 saturated carbocycles. The minimum absolute atomic E-state index is 0.0778. The Labute approximate surface area is 232 Å². The van der Waals surface area contributed by atoms with Crippen molar-refractivity contribution in [3.63, 3.8) is 0 Å². The summed E-state index contributed by atoms with van der Waals surface area (Å²) in [6.07, 6.45) is -1.46. The summed E-state index contributed by atoms with van der Waals surface area (Å²) in [5.41, 5.74) is 10.7. The van der Waals surface area contributed by atoms with Gasteiger partial charge in [-0.25, -0.2) is 9.79 Å². The fraction of sp³-hybridized carbons (Fsp3) is 0.269. The Morgan fingerprint density at radius 2 is 1.63 bits per heavy atom. The van der Waals surface area contributed by atoms with Gasteiger partial charge in [-0.05, 0) is 48.4 Å². The minimum Gasteiger partial charge on any atom is -0.481 e. The Bertz CT molecular complexity index is 1400. The number of carbonyl (C=O) groups excluding carboxylic acids is 2. The molecule has 15 nitrogen and oxygen atoms in total. The maximum absolute atomic E-state index is 12.8. The van der Waals surface area contributed by atoms with E-state index in [4.69, 9.17) is 26.1 Å². The third-order valence-electron chi connectivity index (χ3n) is 5.81. The van der Waals surface area contributed by atoms with Crippen molar-refractivity contribution < 1.29 is 48.9 Å². The smallest absolute Gasteiger partial charge is 0.343 e. The van der Waals surface area contributed by atoms with Gasteiger partial charge in [0.1, 0.15) is 12.3 Å². The summed E-state index contributed by atoms with van der Waals surface area (Å²) >= 11 is 0. The van der Waals surface area contributed by atoms with Gasteiger partial charge >= 0.3 is 23.9 Å². The molecule has 2 aromatic rings.